The first-order chi connectivity index (χ1) is 6.49. The Kier molecular flexibility index (Phi) is 3.35. The molecule has 0 heterocycles. The molecular formula is C12H22N2. The fraction of sp³-hybridized carbons (Fsp3) is 0.750. The topological polar surface area (TPSA) is 35.9 Å². The molecule has 0 spiro atoms. The molecule has 0 saturated heterocycles. The van der Waals surface area contributed by atoms with E-state index < -0.39 is 0 Å². The Hall–Kier alpha value is -0.790. The summed E-state index contributed by atoms with van der Waals surface area (Å²) in [5.41, 5.74) is 2.84. The van der Waals surface area contributed by atoms with Gasteiger partial charge in [0.2, 0.25) is 0 Å². The molecule has 80 valence electrons. The van der Waals surface area contributed by atoms with Crippen LogP contribution in [-0.4, -0.2) is 13.3 Å². The molecule has 0 fully saturated rings. The molecule has 0 aliphatic heterocycles. The van der Waals surface area contributed by atoms with Crippen LogP contribution in [0.3, 0.4) is 0 Å². The van der Waals surface area contributed by atoms with E-state index in [9.17, 15) is 0 Å². The smallest absolute Gasteiger partial charge is 0.0227 e. The number of hydrogen-bond donors (Lipinski definition) is 2. The van der Waals surface area contributed by atoms with E-state index in [0.717, 1.165) is 18.8 Å². The third-order valence-corrected chi connectivity index (χ3v) is 3.30. The summed E-state index contributed by atoms with van der Waals surface area (Å²) in [6.45, 7) is 6.92. The fourth-order valence-electron chi connectivity index (χ4n) is 2.12. The Morgan fingerprint density at radius 3 is 2.50 bits per heavy atom. The van der Waals surface area contributed by atoms with Crippen molar-refractivity contribution in [3.8, 4) is 0 Å². The minimum Gasteiger partial charge on any atom is -0.391 e. The van der Waals surface area contributed by atoms with Crippen LogP contribution in [0.25, 0.3) is 0 Å². The summed E-state index contributed by atoms with van der Waals surface area (Å²) in [5.74, 6) is 0.744. The van der Waals surface area contributed by atoms with E-state index in [4.69, 9.17) is 5.41 Å². The molecule has 0 aromatic heterocycles. The van der Waals surface area contributed by atoms with Crippen molar-refractivity contribution in [3.63, 3.8) is 0 Å². The van der Waals surface area contributed by atoms with Gasteiger partial charge in [-0.15, -0.1) is 0 Å². The molecule has 0 saturated carbocycles. The summed E-state index contributed by atoms with van der Waals surface area (Å²) >= 11 is 0. The van der Waals surface area contributed by atoms with Gasteiger partial charge in [0.05, 0.1) is 0 Å². The molecule has 14 heavy (non-hydrogen) atoms. The van der Waals surface area contributed by atoms with Crippen molar-refractivity contribution in [2.45, 2.75) is 40.0 Å². The van der Waals surface area contributed by atoms with Crippen LogP contribution in [0, 0.1) is 16.7 Å². The molecule has 1 atom stereocenters. The summed E-state index contributed by atoms with van der Waals surface area (Å²) < 4.78 is 0. The quantitative estimate of drug-likeness (QED) is 0.651. The minimum absolute atomic E-state index is 0.385. The SMILES string of the molecule is CNC1=C(C=N)CCC(C(C)(C)C)C1. The Morgan fingerprint density at radius 1 is 1.43 bits per heavy atom. The average molecular weight is 194 g/mol. The Labute approximate surface area is 87.3 Å². The fourth-order valence-corrected chi connectivity index (χ4v) is 2.12. The second-order valence-electron chi connectivity index (χ2n) is 5.20. The highest BCUT2D eigenvalue weighted by molar-refractivity contribution is 5.77. The molecular weight excluding hydrogens is 172 g/mol. The van der Waals surface area contributed by atoms with Gasteiger partial charge in [-0.2, -0.15) is 0 Å². The van der Waals surface area contributed by atoms with Crippen molar-refractivity contribution >= 4 is 6.21 Å². The largest absolute Gasteiger partial charge is 0.391 e. The number of allylic oxidation sites excluding steroid dienone is 2. The highest BCUT2D eigenvalue weighted by atomic mass is 14.8. The van der Waals surface area contributed by atoms with Gasteiger partial charge in [0.1, 0.15) is 0 Å². The number of nitrogens with one attached hydrogen (secondary N) is 2. The normalized spacial score (nSPS) is 23.6. The van der Waals surface area contributed by atoms with Crippen molar-refractivity contribution in [1.29, 1.82) is 5.41 Å². The molecule has 0 aromatic carbocycles. The van der Waals surface area contributed by atoms with Crippen LogP contribution in [0.4, 0.5) is 0 Å². The second-order valence-corrected chi connectivity index (χ2v) is 5.20. The zero-order valence-electron chi connectivity index (χ0n) is 9.78. The summed E-state index contributed by atoms with van der Waals surface area (Å²) in [5, 5.41) is 10.6. The lowest BCUT2D eigenvalue weighted by molar-refractivity contribution is 0.214. The lowest BCUT2D eigenvalue weighted by Gasteiger charge is -2.35. The average Bonchev–Trinajstić information content (AvgIpc) is 2.15. The van der Waals surface area contributed by atoms with E-state index in [-0.39, 0.29) is 0 Å². The standard InChI is InChI=1S/C12H22N2/c1-12(2,3)10-6-5-9(8-13)11(7-10)14-4/h8,10,13-14H,5-7H2,1-4H3. The van der Waals surface area contributed by atoms with E-state index in [1.165, 1.54) is 23.9 Å². The Balaban J connectivity index is 2.79. The predicted molar refractivity (Wildman–Crippen MR) is 61.7 cm³/mol. The van der Waals surface area contributed by atoms with Crippen LogP contribution >= 0.6 is 0 Å². The van der Waals surface area contributed by atoms with Gasteiger partial charge in [0.25, 0.3) is 0 Å². The monoisotopic (exact) mass is 194 g/mol. The molecule has 0 aromatic rings. The van der Waals surface area contributed by atoms with Gasteiger partial charge in [-0.3, -0.25) is 0 Å². The third-order valence-electron chi connectivity index (χ3n) is 3.30. The van der Waals surface area contributed by atoms with Gasteiger partial charge in [0, 0.05) is 19.0 Å². The van der Waals surface area contributed by atoms with Crippen LogP contribution in [-0.2, 0) is 0 Å². The first-order valence-corrected chi connectivity index (χ1v) is 5.39. The van der Waals surface area contributed by atoms with Gasteiger partial charge in [-0.1, -0.05) is 20.8 Å². The lowest BCUT2D eigenvalue weighted by atomic mass is 9.72. The Bertz CT molecular complexity index is 246. The molecule has 1 rings (SSSR count). The van der Waals surface area contributed by atoms with E-state index in [0.29, 0.717) is 5.41 Å². The minimum atomic E-state index is 0.385. The van der Waals surface area contributed by atoms with Crippen molar-refractivity contribution in [2.75, 3.05) is 7.05 Å². The van der Waals surface area contributed by atoms with E-state index in [1.807, 2.05) is 7.05 Å². The van der Waals surface area contributed by atoms with Crippen molar-refractivity contribution in [2.24, 2.45) is 11.3 Å². The van der Waals surface area contributed by atoms with E-state index >= 15 is 0 Å². The molecule has 0 radical (unpaired) electrons. The van der Waals surface area contributed by atoms with Crippen LogP contribution < -0.4 is 5.32 Å². The van der Waals surface area contributed by atoms with E-state index in [1.54, 1.807) is 0 Å². The molecule has 1 unspecified atom stereocenters. The molecule has 2 N–H and O–H groups in total. The van der Waals surface area contributed by atoms with Crippen molar-refractivity contribution < 1.29 is 0 Å². The predicted octanol–water partition coefficient (Wildman–Crippen LogP) is 2.96. The van der Waals surface area contributed by atoms with Crippen LogP contribution in [0.5, 0.6) is 0 Å². The molecule has 1 aliphatic carbocycles. The zero-order chi connectivity index (χ0) is 10.8. The van der Waals surface area contributed by atoms with Crippen LogP contribution in [0.15, 0.2) is 11.3 Å². The van der Waals surface area contributed by atoms with Gasteiger partial charge in [-0.25, -0.2) is 0 Å². The van der Waals surface area contributed by atoms with Gasteiger partial charge >= 0.3 is 0 Å². The van der Waals surface area contributed by atoms with Crippen LogP contribution in [0.1, 0.15) is 40.0 Å². The molecule has 0 bridgehead atoms. The summed E-state index contributed by atoms with van der Waals surface area (Å²) in [6, 6.07) is 0. The maximum absolute atomic E-state index is 7.33. The molecule has 1 aliphatic rings. The maximum Gasteiger partial charge on any atom is 0.0227 e. The summed E-state index contributed by atoms with van der Waals surface area (Å²) in [4.78, 5) is 0. The number of hydrogen-bond acceptors (Lipinski definition) is 2. The van der Waals surface area contributed by atoms with Crippen molar-refractivity contribution in [3.05, 3.63) is 11.3 Å². The highest BCUT2D eigenvalue weighted by Gasteiger charge is 2.28. The lowest BCUT2D eigenvalue weighted by Crippen LogP contribution is -2.27. The second kappa shape index (κ2) is 4.16. The highest BCUT2D eigenvalue weighted by Crippen LogP contribution is 2.38. The summed E-state index contributed by atoms with van der Waals surface area (Å²) in [6.07, 6.45) is 4.89. The maximum atomic E-state index is 7.33. The van der Waals surface area contributed by atoms with Gasteiger partial charge in [-0.05, 0) is 36.2 Å². The molecule has 2 nitrogen and oxygen atoms in total. The van der Waals surface area contributed by atoms with Gasteiger partial charge in [0.15, 0.2) is 0 Å². The molecule has 0 amide bonds. The van der Waals surface area contributed by atoms with Gasteiger partial charge < -0.3 is 10.7 Å². The Morgan fingerprint density at radius 2 is 2.07 bits per heavy atom. The van der Waals surface area contributed by atoms with E-state index in [2.05, 4.69) is 26.1 Å². The first-order valence-electron chi connectivity index (χ1n) is 5.39. The van der Waals surface area contributed by atoms with Crippen LogP contribution in [0.2, 0.25) is 0 Å². The number of rotatable bonds is 2. The summed E-state index contributed by atoms with van der Waals surface area (Å²) in [7, 11) is 1.96. The zero-order valence-corrected chi connectivity index (χ0v) is 9.78. The first kappa shape index (κ1) is 11.3. The molecule has 2 heteroatoms. The van der Waals surface area contributed by atoms with Crippen molar-refractivity contribution in [1.82, 2.24) is 5.32 Å². The third kappa shape index (κ3) is 2.37.